The molecule has 1 aliphatic heterocycles. The summed E-state index contributed by atoms with van der Waals surface area (Å²) < 4.78 is 0. The van der Waals surface area contributed by atoms with Crippen LogP contribution in [0.4, 0.5) is 5.69 Å². The Bertz CT molecular complexity index is 471. The number of carbonyl (C=O) groups is 2. The average Bonchev–Trinajstić information content (AvgIpc) is 2.86. The maximum Gasteiger partial charge on any atom is 0.316 e. The first-order valence-electron chi connectivity index (χ1n) is 6.91. The number of fused-ring (bicyclic) bond motifs is 1. The summed E-state index contributed by atoms with van der Waals surface area (Å²) >= 11 is 0. The molecular formula is C15H20N2O2. The third kappa shape index (κ3) is 3.13. The van der Waals surface area contributed by atoms with Gasteiger partial charge in [-0.2, -0.15) is 0 Å². The SMILES string of the molecule is CCCCCNC(=O)C(=O)N1CCc2ccccc21. The quantitative estimate of drug-likeness (QED) is 0.664. The van der Waals surface area contributed by atoms with Gasteiger partial charge in [0.2, 0.25) is 0 Å². The van der Waals surface area contributed by atoms with Crippen molar-refractivity contribution in [3.05, 3.63) is 29.8 Å². The molecule has 0 spiro atoms. The number of rotatable bonds is 4. The number of nitrogens with one attached hydrogen (secondary N) is 1. The lowest BCUT2D eigenvalue weighted by molar-refractivity contribution is -0.137. The van der Waals surface area contributed by atoms with E-state index in [-0.39, 0.29) is 0 Å². The third-order valence-corrected chi connectivity index (χ3v) is 3.39. The lowest BCUT2D eigenvalue weighted by Crippen LogP contribution is -2.42. The van der Waals surface area contributed by atoms with Crippen molar-refractivity contribution < 1.29 is 9.59 Å². The molecule has 2 amide bonds. The van der Waals surface area contributed by atoms with E-state index in [9.17, 15) is 9.59 Å². The first-order valence-corrected chi connectivity index (χ1v) is 6.91. The Hall–Kier alpha value is -1.84. The lowest BCUT2D eigenvalue weighted by atomic mass is 10.2. The Balaban J connectivity index is 1.92. The Labute approximate surface area is 113 Å². The number of carbonyl (C=O) groups excluding carboxylic acids is 2. The summed E-state index contributed by atoms with van der Waals surface area (Å²) in [5.74, 6) is -0.936. The zero-order valence-electron chi connectivity index (χ0n) is 11.3. The summed E-state index contributed by atoms with van der Waals surface area (Å²) in [7, 11) is 0. The first-order chi connectivity index (χ1) is 9.24. The molecule has 1 N–H and O–H groups in total. The van der Waals surface area contributed by atoms with Crippen molar-refractivity contribution in [2.45, 2.75) is 32.6 Å². The van der Waals surface area contributed by atoms with Crippen LogP contribution in [0.2, 0.25) is 0 Å². The molecule has 0 aliphatic carbocycles. The molecule has 2 rings (SSSR count). The topological polar surface area (TPSA) is 49.4 Å². The highest BCUT2D eigenvalue weighted by molar-refractivity contribution is 6.40. The van der Waals surface area contributed by atoms with Gasteiger partial charge in [-0.15, -0.1) is 0 Å². The van der Waals surface area contributed by atoms with E-state index in [0.29, 0.717) is 13.1 Å². The Morgan fingerprint density at radius 3 is 2.84 bits per heavy atom. The van der Waals surface area contributed by atoms with Crippen LogP contribution in [0.1, 0.15) is 31.7 Å². The smallest absolute Gasteiger partial charge is 0.316 e. The molecule has 1 aromatic rings. The minimum Gasteiger partial charge on any atom is -0.348 e. The second-order valence-corrected chi connectivity index (χ2v) is 4.80. The van der Waals surface area contributed by atoms with Crippen LogP contribution >= 0.6 is 0 Å². The number of para-hydroxylation sites is 1. The molecule has 4 heteroatoms. The molecular weight excluding hydrogens is 240 g/mol. The van der Waals surface area contributed by atoms with Crippen molar-refractivity contribution in [3.63, 3.8) is 0 Å². The van der Waals surface area contributed by atoms with Crippen molar-refractivity contribution >= 4 is 17.5 Å². The van der Waals surface area contributed by atoms with Crippen LogP contribution in [0.5, 0.6) is 0 Å². The highest BCUT2D eigenvalue weighted by atomic mass is 16.2. The minimum atomic E-state index is -0.493. The van der Waals surface area contributed by atoms with Crippen LogP contribution in [0.15, 0.2) is 24.3 Å². The van der Waals surface area contributed by atoms with E-state index in [1.54, 1.807) is 4.90 Å². The lowest BCUT2D eigenvalue weighted by Gasteiger charge is -2.16. The molecule has 19 heavy (non-hydrogen) atoms. The molecule has 0 radical (unpaired) electrons. The molecule has 102 valence electrons. The van der Waals surface area contributed by atoms with Crippen LogP contribution < -0.4 is 10.2 Å². The molecule has 0 saturated heterocycles. The molecule has 0 atom stereocenters. The van der Waals surface area contributed by atoms with E-state index in [0.717, 1.165) is 36.9 Å². The predicted octanol–water partition coefficient (Wildman–Crippen LogP) is 1.88. The van der Waals surface area contributed by atoms with Gasteiger partial charge < -0.3 is 10.2 Å². The Morgan fingerprint density at radius 1 is 1.26 bits per heavy atom. The number of hydrogen-bond donors (Lipinski definition) is 1. The second kappa shape index (κ2) is 6.36. The summed E-state index contributed by atoms with van der Waals surface area (Å²) in [6, 6.07) is 7.74. The monoisotopic (exact) mass is 260 g/mol. The van der Waals surface area contributed by atoms with Crippen LogP contribution in [-0.2, 0) is 16.0 Å². The van der Waals surface area contributed by atoms with Crippen molar-refractivity contribution in [2.24, 2.45) is 0 Å². The van der Waals surface area contributed by atoms with Crippen LogP contribution in [0.25, 0.3) is 0 Å². The molecule has 4 nitrogen and oxygen atoms in total. The van der Waals surface area contributed by atoms with E-state index in [4.69, 9.17) is 0 Å². The first kappa shape index (κ1) is 13.6. The third-order valence-electron chi connectivity index (χ3n) is 3.39. The molecule has 0 aromatic heterocycles. The highest BCUT2D eigenvalue weighted by Gasteiger charge is 2.28. The maximum absolute atomic E-state index is 12.1. The van der Waals surface area contributed by atoms with E-state index in [1.807, 2.05) is 24.3 Å². The molecule has 1 aliphatic rings. The fourth-order valence-corrected chi connectivity index (χ4v) is 2.32. The summed E-state index contributed by atoms with van der Waals surface area (Å²) in [6.45, 7) is 3.28. The van der Waals surface area contributed by atoms with Gasteiger partial charge in [0.05, 0.1) is 0 Å². The summed E-state index contributed by atoms with van der Waals surface area (Å²) in [5, 5.41) is 2.69. The number of unbranched alkanes of at least 4 members (excludes halogenated alkanes) is 2. The highest BCUT2D eigenvalue weighted by Crippen LogP contribution is 2.27. The zero-order chi connectivity index (χ0) is 13.7. The normalized spacial score (nSPS) is 13.2. The number of amides is 2. The number of benzene rings is 1. The van der Waals surface area contributed by atoms with E-state index >= 15 is 0 Å². The van der Waals surface area contributed by atoms with Gasteiger partial charge >= 0.3 is 11.8 Å². The summed E-state index contributed by atoms with van der Waals surface area (Å²) in [4.78, 5) is 25.5. The van der Waals surface area contributed by atoms with Crippen LogP contribution in [0.3, 0.4) is 0 Å². The van der Waals surface area contributed by atoms with Crippen LogP contribution in [-0.4, -0.2) is 24.9 Å². The van der Waals surface area contributed by atoms with E-state index < -0.39 is 11.8 Å². The zero-order valence-corrected chi connectivity index (χ0v) is 11.3. The van der Waals surface area contributed by atoms with Gasteiger partial charge in [-0.3, -0.25) is 9.59 Å². The molecule has 1 aromatic carbocycles. The second-order valence-electron chi connectivity index (χ2n) is 4.80. The van der Waals surface area contributed by atoms with Gasteiger partial charge in [-0.05, 0) is 24.5 Å². The largest absolute Gasteiger partial charge is 0.348 e. The summed E-state index contributed by atoms with van der Waals surface area (Å²) in [6.07, 6.45) is 3.92. The van der Waals surface area contributed by atoms with Gasteiger partial charge in [0.1, 0.15) is 0 Å². The Kier molecular flexibility index (Phi) is 4.55. The standard InChI is InChI=1S/C15H20N2O2/c1-2-3-6-10-16-14(18)15(19)17-11-9-12-7-4-5-8-13(12)17/h4-5,7-8H,2-3,6,9-11H2,1H3,(H,16,18). The molecule has 0 bridgehead atoms. The van der Waals surface area contributed by atoms with Crippen molar-refractivity contribution in [3.8, 4) is 0 Å². The average molecular weight is 260 g/mol. The molecule has 0 unspecified atom stereocenters. The van der Waals surface area contributed by atoms with Gasteiger partial charge in [0, 0.05) is 18.8 Å². The van der Waals surface area contributed by atoms with Crippen LogP contribution in [0, 0.1) is 0 Å². The predicted molar refractivity (Wildman–Crippen MR) is 75.0 cm³/mol. The Morgan fingerprint density at radius 2 is 2.05 bits per heavy atom. The fourth-order valence-electron chi connectivity index (χ4n) is 2.32. The van der Waals surface area contributed by atoms with Crippen molar-refractivity contribution in [2.75, 3.05) is 18.0 Å². The number of nitrogens with zero attached hydrogens (tertiary/aromatic N) is 1. The van der Waals surface area contributed by atoms with Crippen molar-refractivity contribution in [1.29, 1.82) is 0 Å². The fraction of sp³-hybridized carbons (Fsp3) is 0.467. The summed E-state index contributed by atoms with van der Waals surface area (Å²) in [5.41, 5.74) is 2.01. The van der Waals surface area contributed by atoms with Gasteiger partial charge in [0.15, 0.2) is 0 Å². The maximum atomic E-state index is 12.1. The molecule has 1 heterocycles. The number of anilines is 1. The van der Waals surface area contributed by atoms with Gasteiger partial charge in [-0.25, -0.2) is 0 Å². The van der Waals surface area contributed by atoms with Gasteiger partial charge in [0.25, 0.3) is 0 Å². The molecule has 0 fully saturated rings. The minimum absolute atomic E-state index is 0.443. The van der Waals surface area contributed by atoms with E-state index in [1.165, 1.54) is 0 Å². The van der Waals surface area contributed by atoms with Crippen molar-refractivity contribution in [1.82, 2.24) is 5.32 Å². The van der Waals surface area contributed by atoms with E-state index in [2.05, 4.69) is 12.2 Å². The van der Waals surface area contributed by atoms with Gasteiger partial charge in [-0.1, -0.05) is 38.0 Å². The molecule has 0 saturated carbocycles. The number of hydrogen-bond acceptors (Lipinski definition) is 2.